The quantitative estimate of drug-likeness (QED) is 0.810. The number of ether oxygens (including phenoxy) is 1. The minimum Gasteiger partial charge on any atom is -0.383 e. The maximum absolute atomic E-state index is 12.2. The lowest BCUT2D eigenvalue weighted by Crippen LogP contribution is -2.36. The van der Waals surface area contributed by atoms with Crippen LogP contribution in [0.1, 0.15) is 37.3 Å². The summed E-state index contributed by atoms with van der Waals surface area (Å²) in [6.07, 6.45) is 1.36. The van der Waals surface area contributed by atoms with Gasteiger partial charge in [0.15, 0.2) is 0 Å². The SMILES string of the molecule is COCC(C)NC(=O)c1cc(S(=O)(=O)Cl)cn1C(C)C. The molecule has 0 saturated heterocycles. The number of hydrogen-bond donors (Lipinski definition) is 1. The lowest BCUT2D eigenvalue weighted by Gasteiger charge is -2.16. The highest BCUT2D eigenvalue weighted by Crippen LogP contribution is 2.21. The Morgan fingerprint density at radius 3 is 2.50 bits per heavy atom. The van der Waals surface area contributed by atoms with E-state index in [4.69, 9.17) is 15.4 Å². The number of carbonyl (C=O) groups excluding carboxylic acids is 1. The van der Waals surface area contributed by atoms with Crippen molar-refractivity contribution in [1.29, 1.82) is 0 Å². The van der Waals surface area contributed by atoms with Gasteiger partial charge in [-0.1, -0.05) is 0 Å². The number of carbonyl (C=O) groups is 1. The van der Waals surface area contributed by atoms with Gasteiger partial charge in [0.05, 0.1) is 6.61 Å². The molecule has 1 aromatic rings. The topological polar surface area (TPSA) is 77.4 Å². The minimum absolute atomic E-state index is 0.0688. The molecule has 0 spiro atoms. The lowest BCUT2D eigenvalue weighted by atomic mass is 10.3. The molecule has 0 aliphatic carbocycles. The molecule has 1 atom stereocenters. The molecular weight excluding hydrogens is 304 g/mol. The summed E-state index contributed by atoms with van der Waals surface area (Å²) in [5.74, 6) is -0.366. The van der Waals surface area contributed by atoms with Gasteiger partial charge in [-0.15, -0.1) is 0 Å². The standard InChI is InChI=1S/C12H19ClN2O4S/c1-8(2)15-6-10(20(13,17)18)5-11(15)12(16)14-9(3)7-19-4/h5-6,8-9H,7H2,1-4H3,(H,14,16). The van der Waals surface area contributed by atoms with Crippen molar-refractivity contribution in [2.75, 3.05) is 13.7 Å². The van der Waals surface area contributed by atoms with Crippen LogP contribution in [0.25, 0.3) is 0 Å². The first-order valence-electron chi connectivity index (χ1n) is 6.13. The fraction of sp³-hybridized carbons (Fsp3) is 0.583. The molecule has 0 saturated carbocycles. The minimum atomic E-state index is -3.86. The summed E-state index contributed by atoms with van der Waals surface area (Å²) in [6.45, 7) is 5.86. The highest BCUT2D eigenvalue weighted by molar-refractivity contribution is 8.13. The second-order valence-corrected chi connectivity index (χ2v) is 7.40. The monoisotopic (exact) mass is 322 g/mol. The maximum atomic E-state index is 12.2. The van der Waals surface area contributed by atoms with Gasteiger partial charge in [-0.05, 0) is 26.8 Å². The predicted octanol–water partition coefficient (Wildman–Crippen LogP) is 1.76. The molecule has 8 heteroatoms. The summed E-state index contributed by atoms with van der Waals surface area (Å²) in [5.41, 5.74) is 0.252. The summed E-state index contributed by atoms with van der Waals surface area (Å²) >= 11 is 0. The molecule has 1 heterocycles. The average Bonchev–Trinajstić information content (AvgIpc) is 2.73. The Morgan fingerprint density at radius 1 is 1.45 bits per heavy atom. The molecule has 6 nitrogen and oxygen atoms in total. The Labute approximate surface area is 123 Å². The van der Waals surface area contributed by atoms with Crippen LogP contribution in [0, 0.1) is 0 Å². The molecule has 1 N–H and O–H groups in total. The molecule has 20 heavy (non-hydrogen) atoms. The lowest BCUT2D eigenvalue weighted by molar-refractivity contribution is 0.0895. The van der Waals surface area contributed by atoms with E-state index in [0.717, 1.165) is 0 Å². The third kappa shape index (κ3) is 4.22. The van der Waals surface area contributed by atoms with Crippen LogP contribution in [0.3, 0.4) is 0 Å². The molecule has 0 bridgehead atoms. The zero-order valence-corrected chi connectivity index (χ0v) is 13.5. The zero-order valence-electron chi connectivity index (χ0n) is 11.9. The van der Waals surface area contributed by atoms with Crippen molar-refractivity contribution in [2.24, 2.45) is 0 Å². The van der Waals surface area contributed by atoms with E-state index in [9.17, 15) is 13.2 Å². The molecule has 1 unspecified atom stereocenters. The summed E-state index contributed by atoms with van der Waals surface area (Å²) in [5, 5.41) is 2.73. The van der Waals surface area contributed by atoms with Crippen LogP contribution < -0.4 is 5.32 Å². The van der Waals surface area contributed by atoms with Crippen LogP contribution in [0.2, 0.25) is 0 Å². The van der Waals surface area contributed by atoms with Crippen LogP contribution in [-0.4, -0.2) is 38.7 Å². The van der Waals surface area contributed by atoms with Gasteiger partial charge in [0.25, 0.3) is 15.0 Å². The molecule has 114 valence electrons. The largest absolute Gasteiger partial charge is 0.383 e. The summed E-state index contributed by atoms with van der Waals surface area (Å²) in [6, 6.07) is 1.02. The zero-order chi connectivity index (χ0) is 15.5. The fourth-order valence-corrected chi connectivity index (χ4v) is 2.53. The van der Waals surface area contributed by atoms with Gasteiger partial charge in [-0.3, -0.25) is 4.79 Å². The highest BCUT2D eigenvalue weighted by atomic mass is 35.7. The molecule has 1 rings (SSSR count). The van der Waals surface area contributed by atoms with Gasteiger partial charge >= 0.3 is 0 Å². The summed E-state index contributed by atoms with van der Waals surface area (Å²) < 4.78 is 29.2. The van der Waals surface area contributed by atoms with Crippen LogP contribution >= 0.6 is 10.7 Å². The van der Waals surface area contributed by atoms with Crippen LogP contribution in [0.5, 0.6) is 0 Å². The molecular formula is C12H19ClN2O4S. The van der Waals surface area contributed by atoms with E-state index in [0.29, 0.717) is 6.61 Å². The predicted molar refractivity (Wildman–Crippen MR) is 76.7 cm³/mol. The molecule has 1 aromatic heterocycles. The molecule has 0 radical (unpaired) electrons. The van der Waals surface area contributed by atoms with Crippen LogP contribution in [0.4, 0.5) is 0 Å². The molecule has 0 aliphatic rings. The molecule has 0 fully saturated rings. The average molecular weight is 323 g/mol. The Morgan fingerprint density at radius 2 is 2.05 bits per heavy atom. The van der Waals surface area contributed by atoms with Gasteiger partial charge in [0.2, 0.25) is 0 Å². The van der Waals surface area contributed by atoms with Gasteiger partial charge in [0, 0.05) is 36.1 Å². The van der Waals surface area contributed by atoms with Crippen molar-refractivity contribution in [1.82, 2.24) is 9.88 Å². The normalized spacial score (nSPS) is 13.5. The number of amides is 1. The van der Waals surface area contributed by atoms with Gasteiger partial charge in [-0.25, -0.2) is 8.42 Å². The van der Waals surface area contributed by atoms with E-state index in [1.807, 2.05) is 13.8 Å². The Hall–Kier alpha value is -1.05. The Kier molecular flexibility index (Phi) is 5.61. The third-order valence-electron chi connectivity index (χ3n) is 2.69. The number of rotatable bonds is 6. The number of halogens is 1. The fourth-order valence-electron chi connectivity index (χ4n) is 1.79. The second-order valence-electron chi connectivity index (χ2n) is 4.83. The van der Waals surface area contributed by atoms with Crippen molar-refractivity contribution in [2.45, 2.75) is 37.8 Å². The number of aromatic nitrogens is 1. The number of nitrogens with one attached hydrogen (secondary N) is 1. The van der Waals surface area contributed by atoms with Crippen molar-refractivity contribution in [3.8, 4) is 0 Å². The maximum Gasteiger partial charge on any atom is 0.268 e. The first-order chi connectivity index (χ1) is 9.16. The van der Waals surface area contributed by atoms with E-state index in [1.54, 1.807) is 11.5 Å². The first-order valence-corrected chi connectivity index (χ1v) is 8.44. The van der Waals surface area contributed by atoms with E-state index < -0.39 is 9.05 Å². The van der Waals surface area contributed by atoms with Gasteiger partial charge in [-0.2, -0.15) is 0 Å². The Bertz CT molecular complexity index is 580. The van der Waals surface area contributed by atoms with E-state index >= 15 is 0 Å². The number of hydrogen-bond acceptors (Lipinski definition) is 4. The second kappa shape index (κ2) is 6.60. The van der Waals surface area contributed by atoms with Gasteiger partial charge < -0.3 is 14.6 Å². The van der Waals surface area contributed by atoms with E-state index in [-0.39, 0.29) is 28.6 Å². The first kappa shape index (κ1) is 17.0. The van der Waals surface area contributed by atoms with Crippen LogP contribution in [0.15, 0.2) is 17.2 Å². The Balaban J connectivity index is 3.10. The number of methoxy groups -OCH3 is 1. The number of nitrogens with zero attached hydrogens (tertiary/aromatic N) is 1. The van der Waals surface area contributed by atoms with E-state index in [1.165, 1.54) is 19.4 Å². The highest BCUT2D eigenvalue weighted by Gasteiger charge is 2.22. The van der Waals surface area contributed by atoms with Crippen molar-refractivity contribution in [3.63, 3.8) is 0 Å². The van der Waals surface area contributed by atoms with Gasteiger partial charge in [0.1, 0.15) is 10.6 Å². The third-order valence-corrected chi connectivity index (χ3v) is 4.01. The summed E-state index contributed by atoms with van der Waals surface area (Å²) in [4.78, 5) is 12.1. The summed E-state index contributed by atoms with van der Waals surface area (Å²) in [7, 11) is 2.99. The molecule has 0 aromatic carbocycles. The molecule has 1 amide bonds. The van der Waals surface area contributed by atoms with Crippen molar-refractivity contribution < 1.29 is 17.9 Å². The van der Waals surface area contributed by atoms with Crippen LogP contribution in [-0.2, 0) is 13.8 Å². The smallest absolute Gasteiger partial charge is 0.268 e. The van der Waals surface area contributed by atoms with E-state index in [2.05, 4.69) is 5.32 Å². The van der Waals surface area contributed by atoms with Crippen molar-refractivity contribution >= 4 is 25.6 Å². The van der Waals surface area contributed by atoms with Crippen molar-refractivity contribution in [3.05, 3.63) is 18.0 Å². The molecule has 0 aliphatic heterocycles.